The van der Waals surface area contributed by atoms with Gasteiger partial charge in [0.15, 0.2) is 0 Å². The summed E-state index contributed by atoms with van der Waals surface area (Å²) in [7, 11) is 0. The van der Waals surface area contributed by atoms with E-state index < -0.39 is 6.09 Å². The Labute approximate surface area is 122 Å². The van der Waals surface area contributed by atoms with E-state index in [1.807, 2.05) is 13.8 Å². The molecule has 0 bridgehead atoms. The number of nitrogens with zero attached hydrogens (tertiary/aromatic N) is 1. The Morgan fingerprint density at radius 1 is 1.37 bits per heavy atom. The third-order valence-electron chi connectivity index (χ3n) is 1.75. The highest BCUT2D eigenvalue weighted by molar-refractivity contribution is 6.42. The van der Waals surface area contributed by atoms with Crippen LogP contribution in [0.2, 0.25) is 10.0 Å². The molecule has 0 aliphatic carbocycles. The first-order valence-electron chi connectivity index (χ1n) is 5.69. The lowest BCUT2D eigenvalue weighted by Crippen LogP contribution is -2.14. The van der Waals surface area contributed by atoms with Gasteiger partial charge in [0.05, 0.1) is 15.8 Å². The zero-order valence-electron chi connectivity index (χ0n) is 11.0. The quantitative estimate of drug-likeness (QED) is 0.505. The fourth-order valence-electron chi connectivity index (χ4n) is 0.871. The van der Waals surface area contributed by atoms with Crippen molar-refractivity contribution < 1.29 is 9.63 Å². The van der Waals surface area contributed by atoms with E-state index in [1.54, 1.807) is 19.1 Å². The van der Waals surface area contributed by atoms with E-state index in [-0.39, 0.29) is 6.54 Å². The van der Waals surface area contributed by atoms with Crippen LogP contribution in [0.3, 0.4) is 0 Å². The van der Waals surface area contributed by atoms with Gasteiger partial charge in [-0.1, -0.05) is 42.2 Å². The normalized spacial score (nSPS) is 10.3. The van der Waals surface area contributed by atoms with Gasteiger partial charge in [-0.05, 0) is 25.1 Å². The fourth-order valence-corrected chi connectivity index (χ4v) is 1.17. The van der Waals surface area contributed by atoms with Crippen LogP contribution in [0.15, 0.2) is 23.4 Å². The van der Waals surface area contributed by atoms with Crippen LogP contribution in [-0.4, -0.2) is 18.3 Å². The number of hydrogen-bond acceptors (Lipinski definition) is 4. The topological polar surface area (TPSA) is 76.7 Å². The third-order valence-corrected chi connectivity index (χ3v) is 2.48. The molecule has 0 atom stereocenters. The van der Waals surface area contributed by atoms with E-state index in [1.165, 1.54) is 6.07 Å². The van der Waals surface area contributed by atoms with Crippen molar-refractivity contribution in [1.82, 2.24) is 0 Å². The van der Waals surface area contributed by atoms with Crippen molar-refractivity contribution in [1.29, 1.82) is 0 Å². The molecule has 1 amide bonds. The Morgan fingerprint density at radius 3 is 2.53 bits per heavy atom. The summed E-state index contributed by atoms with van der Waals surface area (Å²) in [5, 5.41) is 6.68. The lowest BCUT2D eigenvalue weighted by Gasteiger charge is -2.04. The molecule has 19 heavy (non-hydrogen) atoms. The van der Waals surface area contributed by atoms with Crippen LogP contribution in [-0.2, 0) is 4.84 Å². The van der Waals surface area contributed by atoms with Crippen molar-refractivity contribution in [2.45, 2.75) is 20.8 Å². The average Bonchev–Trinajstić information content (AvgIpc) is 2.42. The maximum absolute atomic E-state index is 11.3. The second kappa shape index (κ2) is 9.61. The molecular formula is C12H17Cl2N3O2. The molecule has 0 radical (unpaired) electrons. The SMILES string of the molecule is C/C(CN)=N\OC(=O)Nc1ccc(Cl)c(Cl)c1.CC. The zero-order valence-corrected chi connectivity index (χ0v) is 12.5. The summed E-state index contributed by atoms with van der Waals surface area (Å²) in [6, 6.07) is 4.66. The Kier molecular flexibility index (Phi) is 8.95. The van der Waals surface area contributed by atoms with E-state index in [2.05, 4.69) is 15.3 Å². The standard InChI is InChI=1S/C10H11Cl2N3O2.C2H6/c1-6(5-13)15-17-10(16)14-7-2-3-8(11)9(12)4-7;1-2/h2-4H,5,13H2,1H3,(H,14,16);1-2H3/b15-6+;. The van der Waals surface area contributed by atoms with E-state index in [0.29, 0.717) is 21.4 Å². The molecule has 1 aromatic rings. The van der Waals surface area contributed by atoms with E-state index in [9.17, 15) is 4.79 Å². The molecule has 0 saturated carbocycles. The highest BCUT2D eigenvalue weighted by atomic mass is 35.5. The van der Waals surface area contributed by atoms with Crippen LogP contribution in [0.4, 0.5) is 10.5 Å². The van der Waals surface area contributed by atoms with Gasteiger partial charge < -0.3 is 5.73 Å². The van der Waals surface area contributed by atoms with Crippen molar-refractivity contribution in [2.75, 3.05) is 11.9 Å². The molecule has 5 nitrogen and oxygen atoms in total. The smallest absolute Gasteiger partial charge is 0.325 e. The number of carbonyl (C=O) groups excluding carboxylic acids is 1. The van der Waals surface area contributed by atoms with Crippen LogP contribution < -0.4 is 11.1 Å². The first kappa shape index (κ1) is 17.7. The van der Waals surface area contributed by atoms with E-state index in [0.717, 1.165) is 0 Å². The van der Waals surface area contributed by atoms with Gasteiger partial charge in [0, 0.05) is 12.2 Å². The van der Waals surface area contributed by atoms with Crippen molar-refractivity contribution in [2.24, 2.45) is 10.9 Å². The highest BCUT2D eigenvalue weighted by Gasteiger charge is 2.05. The lowest BCUT2D eigenvalue weighted by molar-refractivity contribution is 0.166. The van der Waals surface area contributed by atoms with Crippen molar-refractivity contribution in [3.05, 3.63) is 28.2 Å². The number of nitrogens with one attached hydrogen (secondary N) is 1. The molecule has 0 heterocycles. The number of rotatable bonds is 3. The van der Waals surface area contributed by atoms with Crippen LogP contribution >= 0.6 is 23.2 Å². The molecule has 0 unspecified atom stereocenters. The molecule has 106 valence electrons. The molecule has 3 N–H and O–H groups in total. The predicted octanol–water partition coefficient (Wildman–Crippen LogP) is 3.90. The fraction of sp³-hybridized carbons (Fsp3) is 0.333. The van der Waals surface area contributed by atoms with Gasteiger partial charge in [-0.25, -0.2) is 4.79 Å². The number of nitrogens with two attached hydrogens (primary N) is 1. The molecule has 0 saturated heterocycles. The molecule has 0 fully saturated rings. The Bertz CT molecular complexity index is 451. The lowest BCUT2D eigenvalue weighted by atomic mass is 10.3. The third kappa shape index (κ3) is 7.00. The predicted molar refractivity (Wildman–Crippen MR) is 80.1 cm³/mol. The minimum atomic E-state index is -0.726. The van der Waals surface area contributed by atoms with Crippen molar-refractivity contribution in [3.63, 3.8) is 0 Å². The minimum absolute atomic E-state index is 0.222. The first-order chi connectivity index (χ1) is 9.02. The summed E-state index contributed by atoms with van der Waals surface area (Å²) in [6.07, 6.45) is -0.726. The molecule has 0 spiro atoms. The number of carbonyl (C=O) groups is 1. The molecule has 0 aliphatic rings. The second-order valence-electron chi connectivity index (χ2n) is 3.16. The van der Waals surface area contributed by atoms with Crippen molar-refractivity contribution in [3.8, 4) is 0 Å². The average molecular weight is 306 g/mol. The monoisotopic (exact) mass is 305 g/mol. The summed E-state index contributed by atoms with van der Waals surface area (Å²) in [6.45, 7) is 5.87. The number of anilines is 1. The minimum Gasteiger partial charge on any atom is -0.325 e. The molecule has 1 aromatic carbocycles. The number of amides is 1. The number of hydrogen-bond donors (Lipinski definition) is 2. The maximum Gasteiger partial charge on any atom is 0.437 e. The Morgan fingerprint density at radius 2 is 2.00 bits per heavy atom. The van der Waals surface area contributed by atoms with Gasteiger partial charge in [0.25, 0.3) is 0 Å². The number of oxime groups is 1. The van der Waals surface area contributed by atoms with Gasteiger partial charge in [-0.3, -0.25) is 10.2 Å². The van der Waals surface area contributed by atoms with E-state index >= 15 is 0 Å². The van der Waals surface area contributed by atoms with Gasteiger partial charge >= 0.3 is 6.09 Å². The van der Waals surface area contributed by atoms with Crippen LogP contribution in [0.25, 0.3) is 0 Å². The van der Waals surface area contributed by atoms with Gasteiger partial charge in [-0.15, -0.1) is 0 Å². The largest absolute Gasteiger partial charge is 0.437 e. The van der Waals surface area contributed by atoms with Crippen molar-refractivity contribution >= 4 is 40.7 Å². The van der Waals surface area contributed by atoms with Gasteiger partial charge in [0.1, 0.15) is 0 Å². The maximum atomic E-state index is 11.3. The summed E-state index contributed by atoms with van der Waals surface area (Å²) in [5.74, 6) is 0. The van der Waals surface area contributed by atoms with Crippen LogP contribution in [0, 0.1) is 0 Å². The van der Waals surface area contributed by atoms with Crippen LogP contribution in [0.5, 0.6) is 0 Å². The van der Waals surface area contributed by atoms with E-state index in [4.69, 9.17) is 28.9 Å². The van der Waals surface area contributed by atoms with Gasteiger partial charge in [-0.2, -0.15) is 0 Å². The van der Waals surface area contributed by atoms with Crippen LogP contribution in [0.1, 0.15) is 20.8 Å². The highest BCUT2D eigenvalue weighted by Crippen LogP contribution is 2.24. The second-order valence-corrected chi connectivity index (χ2v) is 3.98. The first-order valence-corrected chi connectivity index (χ1v) is 6.45. The molecule has 1 rings (SSSR count). The Hall–Kier alpha value is -1.30. The molecule has 0 aliphatic heterocycles. The van der Waals surface area contributed by atoms with Gasteiger partial charge in [0.2, 0.25) is 0 Å². The summed E-state index contributed by atoms with van der Waals surface area (Å²) >= 11 is 11.5. The summed E-state index contributed by atoms with van der Waals surface area (Å²) in [5.41, 5.74) is 6.24. The number of benzene rings is 1. The Balaban J connectivity index is 0.00000154. The molecule has 7 heteroatoms. The molecule has 0 aromatic heterocycles. The molecular weight excluding hydrogens is 289 g/mol. The summed E-state index contributed by atoms with van der Waals surface area (Å²) < 4.78 is 0. The summed E-state index contributed by atoms with van der Waals surface area (Å²) in [4.78, 5) is 15.8. The zero-order chi connectivity index (χ0) is 14.8. The number of halogens is 2.